The number of benzene rings is 1. The summed E-state index contributed by atoms with van der Waals surface area (Å²) in [7, 11) is 0. The molecule has 2 rings (SSSR count). The van der Waals surface area contributed by atoms with Gasteiger partial charge in [-0.3, -0.25) is 9.97 Å². The second-order valence-corrected chi connectivity index (χ2v) is 4.03. The van der Waals surface area contributed by atoms with Crippen LogP contribution in [-0.4, -0.2) is 9.97 Å². The summed E-state index contributed by atoms with van der Waals surface area (Å²) in [6.45, 7) is 0. The molecule has 3 nitrogen and oxygen atoms in total. The van der Waals surface area contributed by atoms with Crippen molar-refractivity contribution in [3.63, 3.8) is 0 Å². The monoisotopic (exact) mass is 251 g/mol. The first-order valence-corrected chi connectivity index (χ1v) is 5.50. The number of hydrogen-bond donors (Lipinski definition) is 1. The molecule has 0 saturated heterocycles. The Bertz CT molecular complexity index is 504. The highest BCUT2D eigenvalue weighted by atomic mass is 35.5. The third-order valence-electron chi connectivity index (χ3n) is 2.43. The van der Waals surface area contributed by atoms with Crippen molar-refractivity contribution in [1.29, 1.82) is 0 Å². The van der Waals surface area contributed by atoms with Crippen molar-refractivity contribution in [2.45, 2.75) is 12.5 Å². The SMILES string of the molecule is NC(Cc1cccc(F)c1Cl)c1cnccn1. The Kier molecular flexibility index (Phi) is 3.66. The Balaban J connectivity index is 2.19. The summed E-state index contributed by atoms with van der Waals surface area (Å²) in [5.74, 6) is -0.435. The van der Waals surface area contributed by atoms with Crippen LogP contribution in [0.25, 0.3) is 0 Å². The van der Waals surface area contributed by atoms with Crippen LogP contribution in [0.5, 0.6) is 0 Å². The minimum absolute atomic E-state index is 0.117. The third kappa shape index (κ3) is 2.78. The van der Waals surface area contributed by atoms with E-state index < -0.39 is 5.82 Å². The number of nitrogens with two attached hydrogens (primary N) is 1. The molecule has 5 heteroatoms. The molecule has 1 heterocycles. The molecule has 88 valence electrons. The van der Waals surface area contributed by atoms with Gasteiger partial charge in [0, 0.05) is 18.6 Å². The molecule has 1 aromatic carbocycles. The van der Waals surface area contributed by atoms with E-state index in [0.29, 0.717) is 17.7 Å². The summed E-state index contributed by atoms with van der Waals surface area (Å²) in [5, 5.41) is 0.117. The zero-order chi connectivity index (χ0) is 12.3. The van der Waals surface area contributed by atoms with Gasteiger partial charge in [0.2, 0.25) is 0 Å². The van der Waals surface area contributed by atoms with Crippen molar-refractivity contribution in [1.82, 2.24) is 9.97 Å². The molecule has 1 unspecified atom stereocenters. The molecule has 1 aromatic heterocycles. The van der Waals surface area contributed by atoms with Crippen molar-refractivity contribution >= 4 is 11.6 Å². The van der Waals surface area contributed by atoms with Crippen molar-refractivity contribution < 1.29 is 4.39 Å². The molecule has 1 atom stereocenters. The van der Waals surface area contributed by atoms with E-state index in [2.05, 4.69) is 9.97 Å². The Hall–Kier alpha value is -1.52. The highest BCUT2D eigenvalue weighted by Crippen LogP contribution is 2.23. The van der Waals surface area contributed by atoms with Gasteiger partial charge in [-0.05, 0) is 18.1 Å². The fraction of sp³-hybridized carbons (Fsp3) is 0.167. The average molecular weight is 252 g/mol. The molecule has 0 spiro atoms. The molecule has 2 aromatic rings. The van der Waals surface area contributed by atoms with Crippen LogP contribution in [0.1, 0.15) is 17.3 Å². The molecule has 0 aliphatic carbocycles. The lowest BCUT2D eigenvalue weighted by atomic mass is 10.0. The van der Waals surface area contributed by atoms with E-state index in [1.807, 2.05) is 0 Å². The summed E-state index contributed by atoms with van der Waals surface area (Å²) in [6, 6.07) is 4.34. The largest absolute Gasteiger partial charge is 0.322 e. The topological polar surface area (TPSA) is 51.8 Å². The first kappa shape index (κ1) is 12.0. The summed E-state index contributed by atoms with van der Waals surface area (Å²) in [5.41, 5.74) is 7.29. The minimum Gasteiger partial charge on any atom is -0.322 e. The van der Waals surface area contributed by atoms with Crippen molar-refractivity contribution in [2.24, 2.45) is 5.73 Å². The zero-order valence-electron chi connectivity index (χ0n) is 8.98. The summed E-state index contributed by atoms with van der Waals surface area (Å²) in [4.78, 5) is 8.04. The maximum absolute atomic E-state index is 13.2. The van der Waals surface area contributed by atoms with Gasteiger partial charge < -0.3 is 5.73 Å². The van der Waals surface area contributed by atoms with Crippen molar-refractivity contribution in [3.8, 4) is 0 Å². The van der Waals surface area contributed by atoms with E-state index in [4.69, 9.17) is 17.3 Å². The van der Waals surface area contributed by atoms with Gasteiger partial charge in [-0.1, -0.05) is 23.7 Å². The first-order chi connectivity index (χ1) is 8.18. The fourth-order valence-electron chi connectivity index (χ4n) is 1.55. The predicted molar refractivity (Wildman–Crippen MR) is 64.1 cm³/mol. The summed E-state index contributed by atoms with van der Waals surface area (Å²) >= 11 is 5.86. The highest BCUT2D eigenvalue weighted by molar-refractivity contribution is 6.31. The van der Waals surface area contributed by atoms with Gasteiger partial charge in [-0.2, -0.15) is 0 Å². The fourth-order valence-corrected chi connectivity index (χ4v) is 1.75. The number of rotatable bonds is 3. The molecule has 0 radical (unpaired) electrons. The van der Waals surface area contributed by atoms with E-state index in [-0.39, 0.29) is 11.1 Å². The molecule has 0 fully saturated rings. The van der Waals surface area contributed by atoms with E-state index in [9.17, 15) is 4.39 Å². The molecule has 2 N–H and O–H groups in total. The Labute approximate surface area is 103 Å². The molecular weight excluding hydrogens is 241 g/mol. The van der Waals surface area contributed by atoms with Gasteiger partial charge in [-0.15, -0.1) is 0 Å². The molecule has 0 bridgehead atoms. The summed E-state index contributed by atoms with van der Waals surface area (Å²) < 4.78 is 13.2. The van der Waals surface area contributed by atoms with Gasteiger partial charge in [0.1, 0.15) is 5.82 Å². The zero-order valence-corrected chi connectivity index (χ0v) is 9.73. The lowest BCUT2D eigenvalue weighted by molar-refractivity contribution is 0.621. The van der Waals surface area contributed by atoms with E-state index >= 15 is 0 Å². The van der Waals surface area contributed by atoms with Gasteiger partial charge in [0.05, 0.1) is 16.8 Å². The van der Waals surface area contributed by atoms with Gasteiger partial charge in [0.15, 0.2) is 0 Å². The Morgan fingerprint density at radius 3 is 2.88 bits per heavy atom. The third-order valence-corrected chi connectivity index (χ3v) is 2.86. The van der Waals surface area contributed by atoms with Gasteiger partial charge >= 0.3 is 0 Å². The van der Waals surface area contributed by atoms with Crippen molar-refractivity contribution in [2.75, 3.05) is 0 Å². The second-order valence-electron chi connectivity index (χ2n) is 3.65. The van der Waals surface area contributed by atoms with Crippen molar-refractivity contribution in [3.05, 3.63) is 58.9 Å². The molecule has 0 saturated carbocycles. The van der Waals surface area contributed by atoms with Crippen LogP contribution in [0.15, 0.2) is 36.8 Å². The Morgan fingerprint density at radius 1 is 1.35 bits per heavy atom. The molecule has 0 aliphatic rings. The van der Waals surface area contributed by atoms with Crippen LogP contribution in [0.3, 0.4) is 0 Å². The van der Waals surface area contributed by atoms with Crippen LogP contribution in [0.2, 0.25) is 5.02 Å². The van der Waals surface area contributed by atoms with Gasteiger partial charge in [-0.25, -0.2) is 4.39 Å². The van der Waals surface area contributed by atoms with Crippen LogP contribution >= 0.6 is 11.6 Å². The average Bonchev–Trinajstić information content (AvgIpc) is 2.36. The van der Waals surface area contributed by atoms with Crippen LogP contribution < -0.4 is 5.73 Å². The number of halogens is 2. The summed E-state index contributed by atoms with van der Waals surface area (Å²) in [6.07, 6.45) is 5.17. The highest BCUT2D eigenvalue weighted by Gasteiger charge is 2.12. The maximum Gasteiger partial charge on any atom is 0.142 e. The minimum atomic E-state index is -0.435. The lowest BCUT2D eigenvalue weighted by Gasteiger charge is -2.11. The quantitative estimate of drug-likeness (QED) is 0.912. The molecular formula is C12H11ClFN3. The van der Waals surface area contributed by atoms with Crippen LogP contribution in [0.4, 0.5) is 4.39 Å². The van der Waals surface area contributed by atoms with E-state index in [1.165, 1.54) is 6.07 Å². The maximum atomic E-state index is 13.2. The normalized spacial score (nSPS) is 12.4. The standard InChI is InChI=1S/C12H11ClFN3/c13-12-8(2-1-3-9(12)14)6-10(15)11-7-16-4-5-17-11/h1-5,7,10H,6,15H2. The second kappa shape index (κ2) is 5.21. The molecule has 0 aliphatic heterocycles. The number of aromatic nitrogens is 2. The predicted octanol–water partition coefficient (Wildman–Crippen LogP) is 2.51. The molecule has 17 heavy (non-hydrogen) atoms. The van der Waals surface area contributed by atoms with E-state index in [1.54, 1.807) is 30.7 Å². The molecule has 0 amide bonds. The van der Waals surface area contributed by atoms with Crippen LogP contribution in [0, 0.1) is 5.82 Å². The first-order valence-electron chi connectivity index (χ1n) is 5.13. The van der Waals surface area contributed by atoms with E-state index in [0.717, 1.165) is 0 Å². The Morgan fingerprint density at radius 2 is 2.18 bits per heavy atom. The lowest BCUT2D eigenvalue weighted by Crippen LogP contribution is -2.15. The number of nitrogens with zero attached hydrogens (tertiary/aromatic N) is 2. The van der Waals surface area contributed by atoms with Crippen LogP contribution in [-0.2, 0) is 6.42 Å². The smallest absolute Gasteiger partial charge is 0.142 e. The number of hydrogen-bond acceptors (Lipinski definition) is 3. The van der Waals surface area contributed by atoms with Gasteiger partial charge in [0.25, 0.3) is 0 Å².